The van der Waals surface area contributed by atoms with E-state index in [4.69, 9.17) is 27.9 Å². The van der Waals surface area contributed by atoms with E-state index in [1.54, 1.807) is 18.2 Å². The molecular formula is C16H13Cl2NO4. The maximum absolute atomic E-state index is 12.1. The van der Waals surface area contributed by atoms with Gasteiger partial charge in [-0.05, 0) is 37.3 Å². The minimum absolute atomic E-state index is 0.0700. The van der Waals surface area contributed by atoms with Gasteiger partial charge in [0, 0.05) is 0 Å². The van der Waals surface area contributed by atoms with Crippen LogP contribution in [0.3, 0.4) is 0 Å². The average Bonchev–Trinajstić information content (AvgIpc) is 2.50. The normalized spacial score (nSPS) is 11.6. The van der Waals surface area contributed by atoms with Crippen molar-refractivity contribution in [1.82, 2.24) is 0 Å². The predicted molar refractivity (Wildman–Crippen MR) is 88.1 cm³/mol. The highest BCUT2D eigenvalue weighted by atomic mass is 35.5. The second-order valence-electron chi connectivity index (χ2n) is 4.68. The molecule has 0 aliphatic heterocycles. The molecule has 2 N–H and O–H groups in total. The van der Waals surface area contributed by atoms with E-state index in [1.807, 2.05) is 0 Å². The van der Waals surface area contributed by atoms with Gasteiger partial charge in [0.15, 0.2) is 6.10 Å². The third-order valence-corrected chi connectivity index (χ3v) is 3.58. The number of carbonyl (C=O) groups excluding carboxylic acids is 2. The highest BCUT2D eigenvalue weighted by Crippen LogP contribution is 2.30. The number of rotatable bonds is 4. The number of phenolic OH excluding ortho intramolecular Hbond substituents is 1. The highest BCUT2D eigenvalue weighted by molar-refractivity contribution is 6.39. The van der Waals surface area contributed by atoms with E-state index >= 15 is 0 Å². The smallest absolute Gasteiger partial charge is 0.339 e. The Morgan fingerprint density at radius 2 is 1.74 bits per heavy atom. The third-order valence-electron chi connectivity index (χ3n) is 2.95. The summed E-state index contributed by atoms with van der Waals surface area (Å²) in [6, 6.07) is 10.4. The second-order valence-corrected chi connectivity index (χ2v) is 5.50. The number of halogens is 2. The number of para-hydroxylation sites is 1. The van der Waals surface area contributed by atoms with E-state index in [0.717, 1.165) is 0 Å². The molecule has 0 radical (unpaired) electrons. The number of carbonyl (C=O) groups is 2. The topological polar surface area (TPSA) is 75.6 Å². The fraction of sp³-hybridized carbons (Fsp3) is 0.125. The second kappa shape index (κ2) is 7.35. The number of ether oxygens (including phenoxy) is 1. The highest BCUT2D eigenvalue weighted by Gasteiger charge is 2.20. The minimum Gasteiger partial charge on any atom is -0.508 e. The van der Waals surface area contributed by atoms with Crippen molar-refractivity contribution in [2.75, 3.05) is 5.32 Å². The Hall–Kier alpha value is -2.24. The standard InChI is InChI=1S/C16H13Cl2NO4/c1-9(23-16(22)10-4-2-5-11(20)8-10)15(21)19-14-12(17)6-3-7-13(14)18/h2-9,20H,1H3,(H,19,21)/t9-/m1/s1. The Morgan fingerprint density at radius 1 is 1.13 bits per heavy atom. The van der Waals surface area contributed by atoms with E-state index in [9.17, 15) is 14.7 Å². The molecule has 1 atom stereocenters. The fourth-order valence-electron chi connectivity index (χ4n) is 1.76. The molecule has 0 bridgehead atoms. The summed E-state index contributed by atoms with van der Waals surface area (Å²) in [5, 5.41) is 12.4. The molecule has 1 amide bonds. The van der Waals surface area contributed by atoms with Crippen LogP contribution in [-0.2, 0) is 9.53 Å². The van der Waals surface area contributed by atoms with E-state index < -0.39 is 18.0 Å². The van der Waals surface area contributed by atoms with Crippen molar-refractivity contribution in [1.29, 1.82) is 0 Å². The largest absolute Gasteiger partial charge is 0.508 e. The van der Waals surface area contributed by atoms with Crippen LogP contribution in [-0.4, -0.2) is 23.1 Å². The monoisotopic (exact) mass is 353 g/mol. The molecule has 0 spiro atoms. The molecule has 0 aliphatic rings. The van der Waals surface area contributed by atoms with Crippen molar-refractivity contribution >= 4 is 40.8 Å². The molecule has 7 heteroatoms. The Labute approximate surface area is 142 Å². The zero-order valence-corrected chi connectivity index (χ0v) is 13.6. The molecular weight excluding hydrogens is 341 g/mol. The first kappa shape index (κ1) is 17.1. The number of aromatic hydroxyl groups is 1. The maximum Gasteiger partial charge on any atom is 0.339 e. The first-order valence-corrected chi connectivity index (χ1v) is 7.39. The number of hydrogen-bond acceptors (Lipinski definition) is 4. The molecule has 0 saturated heterocycles. The molecule has 2 aromatic carbocycles. The van der Waals surface area contributed by atoms with Gasteiger partial charge in [-0.1, -0.05) is 35.3 Å². The van der Waals surface area contributed by atoms with Crippen LogP contribution < -0.4 is 5.32 Å². The van der Waals surface area contributed by atoms with Gasteiger partial charge in [0.25, 0.3) is 5.91 Å². The van der Waals surface area contributed by atoms with Gasteiger partial charge in [0.1, 0.15) is 5.75 Å². The van der Waals surface area contributed by atoms with Gasteiger partial charge in [-0.25, -0.2) is 4.79 Å². The maximum atomic E-state index is 12.1. The SMILES string of the molecule is C[C@@H](OC(=O)c1cccc(O)c1)C(=O)Nc1c(Cl)cccc1Cl. The molecule has 2 rings (SSSR count). The molecule has 0 unspecified atom stereocenters. The first-order chi connectivity index (χ1) is 10.9. The van der Waals surface area contributed by atoms with Crippen LogP contribution in [0.4, 0.5) is 5.69 Å². The van der Waals surface area contributed by atoms with Crippen LogP contribution in [0.2, 0.25) is 10.0 Å². The van der Waals surface area contributed by atoms with Crippen LogP contribution in [0.25, 0.3) is 0 Å². The van der Waals surface area contributed by atoms with E-state index in [1.165, 1.54) is 31.2 Å². The molecule has 0 aromatic heterocycles. The van der Waals surface area contributed by atoms with E-state index in [-0.39, 0.29) is 27.0 Å². The quantitative estimate of drug-likeness (QED) is 0.817. The zero-order valence-electron chi connectivity index (χ0n) is 12.0. The van der Waals surface area contributed by atoms with Crippen molar-refractivity contribution in [3.8, 4) is 5.75 Å². The Bertz CT molecular complexity index is 728. The molecule has 0 saturated carbocycles. The van der Waals surface area contributed by atoms with Crippen LogP contribution in [0.1, 0.15) is 17.3 Å². The lowest BCUT2D eigenvalue weighted by Gasteiger charge is -2.15. The van der Waals surface area contributed by atoms with Crippen molar-refractivity contribution in [2.45, 2.75) is 13.0 Å². The summed E-state index contributed by atoms with van der Waals surface area (Å²) in [5.74, 6) is -1.37. The summed E-state index contributed by atoms with van der Waals surface area (Å²) in [4.78, 5) is 24.0. The molecule has 0 heterocycles. The van der Waals surface area contributed by atoms with Crippen LogP contribution in [0.15, 0.2) is 42.5 Å². The van der Waals surface area contributed by atoms with Gasteiger partial charge in [0.05, 0.1) is 21.3 Å². The molecule has 120 valence electrons. The van der Waals surface area contributed by atoms with E-state index in [0.29, 0.717) is 0 Å². The number of benzene rings is 2. The van der Waals surface area contributed by atoms with Gasteiger partial charge in [0.2, 0.25) is 0 Å². The van der Waals surface area contributed by atoms with Crippen LogP contribution in [0.5, 0.6) is 5.75 Å². The molecule has 23 heavy (non-hydrogen) atoms. The van der Waals surface area contributed by atoms with Gasteiger partial charge in [-0.2, -0.15) is 0 Å². The lowest BCUT2D eigenvalue weighted by molar-refractivity contribution is -0.123. The molecule has 2 aromatic rings. The summed E-state index contributed by atoms with van der Waals surface area (Å²) in [6.07, 6.45) is -1.07. The summed E-state index contributed by atoms with van der Waals surface area (Å²) in [6.45, 7) is 1.42. The van der Waals surface area contributed by atoms with Gasteiger partial charge >= 0.3 is 5.97 Å². The number of nitrogens with one attached hydrogen (secondary N) is 1. The third kappa shape index (κ3) is 4.37. The number of anilines is 1. The number of esters is 1. The number of phenols is 1. The Balaban J connectivity index is 2.04. The van der Waals surface area contributed by atoms with Gasteiger partial charge in [-0.15, -0.1) is 0 Å². The number of hydrogen-bond donors (Lipinski definition) is 2. The summed E-state index contributed by atoms with van der Waals surface area (Å²) in [5.41, 5.74) is 0.390. The number of amides is 1. The van der Waals surface area contributed by atoms with Crippen molar-refractivity contribution in [3.05, 3.63) is 58.1 Å². The molecule has 5 nitrogen and oxygen atoms in total. The Kier molecular flexibility index (Phi) is 5.47. The summed E-state index contributed by atoms with van der Waals surface area (Å²) >= 11 is 11.9. The van der Waals surface area contributed by atoms with Crippen LogP contribution in [0, 0.1) is 0 Å². The van der Waals surface area contributed by atoms with E-state index in [2.05, 4.69) is 5.32 Å². The minimum atomic E-state index is -1.07. The zero-order chi connectivity index (χ0) is 17.0. The molecule has 0 fully saturated rings. The fourth-order valence-corrected chi connectivity index (χ4v) is 2.25. The van der Waals surface area contributed by atoms with Gasteiger partial charge < -0.3 is 15.2 Å². The van der Waals surface area contributed by atoms with Crippen molar-refractivity contribution in [2.24, 2.45) is 0 Å². The molecule has 0 aliphatic carbocycles. The average molecular weight is 354 g/mol. The lowest BCUT2D eigenvalue weighted by atomic mass is 10.2. The lowest BCUT2D eigenvalue weighted by Crippen LogP contribution is -2.30. The summed E-state index contributed by atoms with van der Waals surface area (Å²) < 4.78 is 5.06. The predicted octanol–water partition coefficient (Wildman–Crippen LogP) is 3.88. The van der Waals surface area contributed by atoms with Crippen molar-refractivity contribution < 1.29 is 19.4 Å². The first-order valence-electron chi connectivity index (χ1n) is 6.63. The van der Waals surface area contributed by atoms with Gasteiger partial charge in [-0.3, -0.25) is 4.79 Å². The van der Waals surface area contributed by atoms with Crippen LogP contribution >= 0.6 is 23.2 Å². The van der Waals surface area contributed by atoms with Crippen molar-refractivity contribution in [3.63, 3.8) is 0 Å². The Morgan fingerprint density at radius 3 is 2.35 bits per heavy atom. The summed E-state index contributed by atoms with van der Waals surface area (Å²) in [7, 11) is 0.